The molecule has 0 aliphatic rings. The van der Waals surface area contributed by atoms with E-state index in [0.717, 1.165) is 13.0 Å². The molecule has 1 amide bonds. The van der Waals surface area contributed by atoms with E-state index in [4.69, 9.17) is 5.73 Å². The Kier molecular flexibility index (Phi) is 7.41. The summed E-state index contributed by atoms with van der Waals surface area (Å²) in [5.74, 6) is -0.0550. The minimum atomic E-state index is -1.41. The number of hydrogen-bond acceptors (Lipinski definition) is 2. The molecule has 0 rings (SSSR count). The van der Waals surface area contributed by atoms with Crippen molar-refractivity contribution >= 4 is 22.1 Å². The zero-order valence-electron chi connectivity index (χ0n) is 9.92. The number of rotatable bonds is 7. The van der Waals surface area contributed by atoms with Gasteiger partial charge in [-0.05, 0) is 0 Å². The van der Waals surface area contributed by atoms with Crippen LogP contribution in [0.25, 0.3) is 0 Å². The van der Waals surface area contributed by atoms with E-state index < -0.39 is 16.2 Å². The van der Waals surface area contributed by atoms with E-state index >= 15 is 0 Å². The molecule has 0 spiro atoms. The van der Waals surface area contributed by atoms with Gasteiger partial charge < -0.3 is 0 Å². The Hall–Kier alpha value is 0.0664. The van der Waals surface area contributed by atoms with E-state index in [1.165, 1.54) is 9.95 Å². The summed E-state index contributed by atoms with van der Waals surface area (Å²) in [6.07, 6.45) is 0.967. The van der Waals surface area contributed by atoms with E-state index in [1.54, 1.807) is 0 Å². The summed E-state index contributed by atoms with van der Waals surface area (Å²) in [7, 11) is 4.08. The van der Waals surface area contributed by atoms with Gasteiger partial charge in [0.15, 0.2) is 0 Å². The molecule has 4 heteroatoms. The Bertz CT molecular complexity index is 170. The van der Waals surface area contributed by atoms with E-state index in [1.807, 2.05) is 14.1 Å². The Morgan fingerprint density at radius 3 is 2.14 bits per heavy atom. The molecule has 3 nitrogen and oxygen atoms in total. The van der Waals surface area contributed by atoms with Crippen LogP contribution in [0.2, 0.25) is 14.4 Å². The number of carbonyl (C=O) groups is 1. The van der Waals surface area contributed by atoms with Gasteiger partial charge in [0.25, 0.3) is 0 Å². The fourth-order valence-corrected chi connectivity index (χ4v) is 7.74. The first kappa shape index (κ1) is 14.1. The average Bonchev–Trinajstić information content (AvgIpc) is 2.11. The van der Waals surface area contributed by atoms with Gasteiger partial charge in [-0.1, -0.05) is 0 Å². The second kappa shape index (κ2) is 7.37. The molecular weight excluding hydrogens is 234 g/mol. The Balaban J connectivity index is 4.20. The minimum absolute atomic E-state index is 0.0550. The van der Waals surface area contributed by atoms with Gasteiger partial charge in [-0.2, -0.15) is 0 Å². The molecule has 14 heavy (non-hydrogen) atoms. The standard InChI is InChI=1S/C6H13N2O.2C2H5.Ga/c1-8(2)5-3-4-6(7)9;2*1-2;/h4H,3,5H2,1-2H3,(H2,7,9);2*1H2,2H3;. The van der Waals surface area contributed by atoms with Crippen molar-refractivity contribution in [3.63, 3.8) is 0 Å². The van der Waals surface area contributed by atoms with Crippen LogP contribution in [-0.2, 0) is 4.79 Å². The van der Waals surface area contributed by atoms with Crippen molar-refractivity contribution in [3.05, 3.63) is 0 Å². The van der Waals surface area contributed by atoms with E-state index in [9.17, 15) is 4.79 Å². The number of nitrogens with two attached hydrogens (primary N) is 1. The molecule has 0 heterocycles. The van der Waals surface area contributed by atoms with Crippen molar-refractivity contribution in [2.75, 3.05) is 20.6 Å². The number of primary amides is 1. The molecule has 0 aromatic heterocycles. The molecule has 0 aliphatic carbocycles. The van der Waals surface area contributed by atoms with Crippen molar-refractivity contribution in [1.29, 1.82) is 0 Å². The molecule has 0 radical (unpaired) electrons. The predicted octanol–water partition coefficient (Wildman–Crippen LogP) is 1.33. The molecule has 2 N–H and O–H groups in total. The van der Waals surface area contributed by atoms with Crippen LogP contribution in [0.1, 0.15) is 20.3 Å². The zero-order chi connectivity index (χ0) is 11.1. The molecule has 1 unspecified atom stereocenters. The number of amides is 1. The number of hydrogen-bond donors (Lipinski definition) is 1. The van der Waals surface area contributed by atoms with Crippen molar-refractivity contribution in [1.82, 2.24) is 4.90 Å². The summed E-state index contributed by atoms with van der Waals surface area (Å²) >= 11 is -1.41. The summed E-state index contributed by atoms with van der Waals surface area (Å²) < 4.78 is 0.236. The summed E-state index contributed by atoms with van der Waals surface area (Å²) in [5, 5.41) is 0. The normalized spacial score (nSPS) is 12.9. The summed E-state index contributed by atoms with van der Waals surface area (Å²) in [6, 6.07) is 0. The molecular formula is C10H23GaN2O. The maximum absolute atomic E-state index is 11.3. The van der Waals surface area contributed by atoms with Gasteiger partial charge in [0.1, 0.15) is 0 Å². The van der Waals surface area contributed by atoms with Gasteiger partial charge in [0.2, 0.25) is 0 Å². The number of carbonyl (C=O) groups excluding carboxylic acids is 1. The van der Waals surface area contributed by atoms with Crippen LogP contribution >= 0.6 is 0 Å². The molecule has 0 saturated heterocycles. The van der Waals surface area contributed by atoms with E-state index in [-0.39, 0.29) is 10.4 Å². The molecule has 0 fully saturated rings. The second-order valence-corrected chi connectivity index (χ2v) is 12.5. The molecule has 0 bridgehead atoms. The van der Waals surface area contributed by atoms with Crippen LogP contribution in [0, 0.1) is 0 Å². The maximum atomic E-state index is 11.3. The SMILES string of the molecule is C[CH2][Ga]([CH2]C)[CH](CCN(C)C)C(N)=O. The molecule has 0 aromatic carbocycles. The molecule has 0 aromatic rings. The fraction of sp³-hybridized carbons (Fsp3) is 0.900. The van der Waals surface area contributed by atoms with Crippen molar-refractivity contribution < 1.29 is 4.79 Å². The van der Waals surface area contributed by atoms with Gasteiger partial charge in [-0.25, -0.2) is 0 Å². The van der Waals surface area contributed by atoms with Gasteiger partial charge in [0.05, 0.1) is 0 Å². The van der Waals surface area contributed by atoms with Crippen molar-refractivity contribution in [2.24, 2.45) is 5.73 Å². The van der Waals surface area contributed by atoms with Crippen LogP contribution in [0.3, 0.4) is 0 Å². The molecule has 1 atom stereocenters. The van der Waals surface area contributed by atoms with Crippen LogP contribution in [0.5, 0.6) is 0 Å². The average molecular weight is 257 g/mol. The molecule has 82 valence electrons. The van der Waals surface area contributed by atoms with Crippen LogP contribution < -0.4 is 5.73 Å². The summed E-state index contributed by atoms with van der Waals surface area (Å²) in [4.78, 5) is 15.9. The Labute approximate surface area is 93.1 Å². The van der Waals surface area contributed by atoms with Crippen LogP contribution in [-0.4, -0.2) is 47.7 Å². The van der Waals surface area contributed by atoms with E-state index in [0.29, 0.717) is 0 Å². The predicted molar refractivity (Wildman–Crippen MR) is 62.8 cm³/mol. The summed E-state index contributed by atoms with van der Waals surface area (Å²) in [5.41, 5.74) is 5.46. The molecule has 0 saturated carbocycles. The third kappa shape index (κ3) is 5.07. The number of nitrogens with zero attached hydrogens (tertiary/aromatic N) is 1. The van der Waals surface area contributed by atoms with Gasteiger partial charge in [0, 0.05) is 0 Å². The Morgan fingerprint density at radius 1 is 1.36 bits per heavy atom. The van der Waals surface area contributed by atoms with Crippen LogP contribution in [0.4, 0.5) is 0 Å². The first-order valence-electron chi connectivity index (χ1n) is 5.46. The first-order valence-corrected chi connectivity index (χ1v) is 10.3. The Morgan fingerprint density at radius 2 is 1.86 bits per heavy atom. The summed E-state index contributed by atoms with van der Waals surface area (Å²) in [6.45, 7) is 5.40. The fourth-order valence-electron chi connectivity index (χ4n) is 1.87. The van der Waals surface area contributed by atoms with E-state index in [2.05, 4.69) is 18.7 Å². The van der Waals surface area contributed by atoms with Gasteiger partial charge >= 0.3 is 92.9 Å². The topological polar surface area (TPSA) is 46.3 Å². The van der Waals surface area contributed by atoms with Gasteiger partial charge in [-0.15, -0.1) is 0 Å². The molecule has 0 aliphatic heterocycles. The second-order valence-electron chi connectivity index (χ2n) is 4.18. The monoisotopic (exact) mass is 256 g/mol. The zero-order valence-corrected chi connectivity index (χ0v) is 12.3. The van der Waals surface area contributed by atoms with Crippen molar-refractivity contribution in [2.45, 2.75) is 34.7 Å². The van der Waals surface area contributed by atoms with Crippen molar-refractivity contribution in [3.8, 4) is 0 Å². The van der Waals surface area contributed by atoms with Crippen LogP contribution in [0.15, 0.2) is 0 Å². The van der Waals surface area contributed by atoms with Gasteiger partial charge in [-0.3, -0.25) is 0 Å². The third-order valence-electron chi connectivity index (χ3n) is 2.87. The third-order valence-corrected chi connectivity index (χ3v) is 11.0. The quantitative estimate of drug-likeness (QED) is 0.699. The first-order chi connectivity index (χ1) is 6.52.